The molecule has 1 amide bonds. The molecule has 3 nitrogen and oxygen atoms in total. The van der Waals surface area contributed by atoms with E-state index in [0.29, 0.717) is 17.1 Å². The zero-order valence-corrected chi connectivity index (χ0v) is 14.2. The molecule has 5 heteroatoms. The first-order valence-corrected chi connectivity index (χ1v) is 8.14. The van der Waals surface area contributed by atoms with Crippen molar-refractivity contribution in [1.82, 2.24) is 10.6 Å². The van der Waals surface area contributed by atoms with E-state index in [1.54, 1.807) is 12.1 Å². The van der Waals surface area contributed by atoms with Crippen LogP contribution in [0.5, 0.6) is 0 Å². The van der Waals surface area contributed by atoms with Crippen LogP contribution in [0.25, 0.3) is 0 Å². The van der Waals surface area contributed by atoms with Gasteiger partial charge in [0.2, 0.25) is 0 Å². The molecule has 0 fully saturated rings. The maximum atomic E-state index is 12.1. The number of hydrogen-bond donors (Lipinski definition) is 2. The molecule has 0 aliphatic carbocycles. The molecule has 1 aliphatic rings. The predicted octanol–water partition coefficient (Wildman–Crippen LogP) is 3.48. The molecule has 3 rings (SSSR count). The number of halogens is 2. The second kappa shape index (κ2) is 6.34. The minimum atomic E-state index is -0.105. The van der Waals surface area contributed by atoms with Crippen molar-refractivity contribution in [1.29, 1.82) is 0 Å². The third kappa shape index (κ3) is 3.39. The van der Waals surface area contributed by atoms with Gasteiger partial charge in [0.1, 0.15) is 0 Å². The predicted molar refractivity (Wildman–Crippen MR) is 92.3 cm³/mol. The Balaban J connectivity index is 1.67. The average Bonchev–Trinajstić information content (AvgIpc) is 2.95. The van der Waals surface area contributed by atoms with Gasteiger partial charge in [0.05, 0.1) is 5.02 Å². The lowest BCUT2D eigenvalue weighted by molar-refractivity contribution is 0.0951. The number of hydrogen-bond acceptors (Lipinski definition) is 2. The molecule has 0 radical (unpaired) electrons. The highest BCUT2D eigenvalue weighted by Crippen LogP contribution is 2.20. The van der Waals surface area contributed by atoms with Gasteiger partial charge in [-0.05, 0) is 57.5 Å². The van der Waals surface area contributed by atoms with Crippen LogP contribution in [-0.4, -0.2) is 5.91 Å². The number of nitrogens with one attached hydrogen (secondary N) is 2. The monoisotopic (exact) mass is 412 g/mol. The molecule has 2 N–H and O–H groups in total. The first kappa shape index (κ1) is 14.8. The molecule has 0 aromatic heterocycles. The molecule has 2 aromatic carbocycles. The van der Waals surface area contributed by atoms with Gasteiger partial charge < -0.3 is 10.6 Å². The van der Waals surface area contributed by atoms with Gasteiger partial charge in [0.25, 0.3) is 5.91 Å². The second-order valence-electron chi connectivity index (χ2n) is 5.02. The highest BCUT2D eigenvalue weighted by Gasteiger charge is 2.11. The summed E-state index contributed by atoms with van der Waals surface area (Å²) in [5, 5.41) is 6.85. The van der Waals surface area contributed by atoms with Crippen LogP contribution in [0.1, 0.15) is 27.0 Å². The molecule has 0 atom stereocenters. The number of fused-ring (bicyclic) bond motifs is 1. The number of amides is 1. The average molecular weight is 413 g/mol. The minimum absolute atomic E-state index is 0.105. The van der Waals surface area contributed by atoms with Crippen molar-refractivity contribution >= 4 is 40.1 Å². The normalized spacial score (nSPS) is 13.0. The van der Waals surface area contributed by atoms with Crippen molar-refractivity contribution in [3.8, 4) is 0 Å². The zero-order chi connectivity index (χ0) is 14.8. The molecule has 1 heterocycles. The fraction of sp³-hybridized carbons (Fsp3) is 0.188. The number of benzene rings is 2. The van der Waals surface area contributed by atoms with Crippen LogP contribution in [-0.2, 0) is 19.6 Å². The van der Waals surface area contributed by atoms with Gasteiger partial charge in [0.15, 0.2) is 0 Å². The highest BCUT2D eigenvalue weighted by molar-refractivity contribution is 14.1. The van der Waals surface area contributed by atoms with Crippen LogP contribution in [0.2, 0.25) is 5.02 Å². The van der Waals surface area contributed by atoms with E-state index in [-0.39, 0.29) is 5.91 Å². The van der Waals surface area contributed by atoms with Crippen molar-refractivity contribution in [3.05, 3.63) is 67.2 Å². The Hall–Kier alpha value is -1.11. The first-order chi connectivity index (χ1) is 10.1. The van der Waals surface area contributed by atoms with Gasteiger partial charge in [0, 0.05) is 28.8 Å². The van der Waals surface area contributed by atoms with E-state index < -0.39 is 0 Å². The minimum Gasteiger partial charge on any atom is -0.348 e. The molecule has 1 aliphatic heterocycles. The summed E-state index contributed by atoms with van der Waals surface area (Å²) < 4.78 is 0.942. The van der Waals surface area contributed by atoms with Crippen molar-refractivity contribution in [2.24, 2.45) is 0 Å². The van der Waals surface area contributed by atoms with Crippen molar-refractivity contribution in [3.63, 3.8) is 0 Å². The standard InChI is InChI=1S/C16H14ClIN2O/c17-14-6-11(3-4-15(14)18)16(21)20-7-10-1-2-12-8-19-9-13(12)5-10/h1-6,19H,7-9H2,(H,20,21). The van der Waals surface area contributed by atoms with Crippen LogP contribution < -0.4 is 10.6 Å². The Bertz CT molecular complexity index is 703. The second-order valence-corrected chi connectivity index (χ2v) is 6.59. The van der Waals surface area contributed by atoms with Gasteiger partial charge in [-0.1, -0.05) is 29.8 Å². The van der Waals surface area contributed by atoms with Crippen molar-refractivity contribution in [2.75, 3.05) is 0 Å². The lowest BCUT2D eigenvalue weighted by atomic mass is 10.1. The highest BCUT2D eigenvalue weighted by atomic mass is 127. The van der Waals surface area contributed by atoms with E-state index in [0.717, 1.165) is 22.2 Å². The topological polar surface area (TPSA) is 41.1 Å². The van der Waals surface area contributed by atoms with Crippen molar-refractivity contribution < 1.29 is 4.79 Å². The smallest absolute Gasteiger partial charge is 0.251 e. The van der Waals surface area contributed by atoms with Gasteiger partial charge in [-0.25, -0.2) is 0 Å². The number of carbonyl (C=O) groups excluding carboxylic acids is 1. The molecule has 108 valence electrons. The SMILES string of the molecule is O=C(NCc1ccc2c(c1)CNC2)c1ccc(I)c(Cl)c1. The molecule has 0 saturated carbocycles. The molecule has 0 unspecified atom stereocenters. The molecule has 0 spiro atoms. The van der Waals surface area contributed by atoms with Crippen LogP contribution >= 0.6 is 34.2 Å². The fourth-order valence-corrected chi connectivity index (χ4v) is 2.90. The summed E-state index contributed by atoms with van der Waals surface area (Å²) in [4.78, 5) is 12.1. The van der Waals surface area contributed by atoms with E-state index in [2.05, 4.69) is 51.4 Å². The summed E-state index contributed by atoms with van der Waals surface area (Å²) in [6, 6.07) is 11.7. The first-order valence-electron chi connectivity index (χ1n) is 6.68. The molecule has 2 aromatic rings. The van der Waals surface area contributed by atoms with E-state index in [1.807, 2.05) is 6.07 Å². The van der Waals surface area contributed by atoms with E-state index in [4.69, 9.17) is 11.6 Å². The van der Waals surface area contributed by atoms with E-state index in [1.165, 1.54) is 11.1 Å². The van der Waals surface area contributed by atoms with Gasteiger partial charge in [-0.15, -0.1) is 0 Å². The summed E-state index contributed by atoms with van der Waals surface area (Å²) in [5.74, 6) is -0.105. The Kier molecular flexibility index (Phi) is 4.47. The quantitative estimate of drug-likeness (QED) is 0.758. The third-order valence-corrected chi connectivity index (χ3v) is 5.11. The van der Waals surface area contributed by atoms with Crippen LogP contribution in [0.3, 0.4) is 0 Å². The van der Waals surface area contributed by atoms with Gasteiger partial charge >= 0.3 is 0 Å². The van der Waals surface area contributed by atoms with Gasteiger partial charge in [-0.2, -0.15) is 0 Å². The number of carbonyl (C=O) groups is 1. The summed E-state index contributed by atoms with van der Waals surface area (Å²) in [5.41, 5.74) is 4.36. The van der Waals surface area contributed by atoms with Gasteiger partial charge in [-0.3, -0.25) is 4.79 Å². The zero-order valence-electron chi connectivity index (χ0n) is 11.2. The summed E-state index contributed by atoms with van der Waals surface area (Å²) in [6.07, 6.45) is 0. The van der Waals surface area contributed by atoms with Crippen LogP contribution in [0.15, 0.2) is 36.4 Å². The maximum Gasteiger partial charge on any atom is 0.251 e. The number of rotatable bonds is 3. The summed E-state index contributed by atoms with van der Waals surface area (Å²) >= 11 is 8.19. The Labute approximate surface area is 142 Å². The van der Waals surface area contributed by atoms with Crippen molar-refractivity contribution in [2.45, 2.75) is 19.6 Å². The molecule has 0 saturated heterocycles. The summed E-state index contributed by atoms with van der Waals surface area (Å²) in [7, 11) is 0. The van der Waals surface area contributed by atoms with E-state index >= 15 is 0 Å². The molecular weight excluding hydrogens is 399 g/mol. The molecule has 0 bridgehead atoms. The summed E-state index contributed by atoms with van der Waals surface area (Å²) in [6.45, 7) is 2.36. The third-order valence-electron chi connectivity index (χ3n) is 3.54. The largest absolute Gasteiger partial charge is 0.348 e. The lowest BCUT2D eigenvalue weighted by Gasteiger charge is -2.08. The molecular formula is C16H14ClIN2O. The van der Waals surface area contributed by atoms with Crippen LogP contribution in [0.4, 0.5) is 0 Å². The fourth-order valence-electron chi connectivity index (χ4n) is 2.38. The lowest BCUT2D eigenvalue weighted by Crippen LogP contribution is -2.22. The van der Waals surface area contributed by atoms with Crippen LogP contribution in [0, 0.1) is 3.57 Å². The Morgan fingerprint density at radius 1 is 1.19 bits per heavy atom. The van der Waals surface area contributed by atoms with E-state index in [9.17, 15) is 4.79 Å². The molecule has 21 heavy (non-hydrogen) atoms. The Morgan fingerprint density at radius 2 is 2.00 bits per heavy atom. The maximum absolute atomic E-state index is 12.1. The Morgan fingerprint density at radius 3 is 2.81 bits per heavy atom.